The maximum absolute atomic E-state index is 12.3. The van der Waals surface area contributed by atoms with E-state index in [9.17, 15) is 9.59 Å². The molecule has 1 heterocycles. The lowest BCUT2D eigenvalue weighted by Gasteiger charge is -2.37. The van der Waals surface area contributed by atoms with Gasteiger partial charge in [-0.05, 0) is 45.4 Å². The number of anilines is 1. The Morgan fingerprint density at radius 1 is 1.14 bits per heavy atom. The molecule has 1 amide bonds. The van der Waals surface area contributed by atoms with Crippen LogP contribution in [0.1, 0.15) is 42.3 Å². The van der Waals surface area contributed by atoms with Crippen LogP contribution in [0.25, 0.3) is 0 Å². The number of rotatable bonds is 2. The van der Waals surface area contributed by atoms with Gasteiger partial charge in [0.1, 0.15) is 20.0 Å². The highest BCUT2D eigenvalue weighted by molar-refractivity contribution is 6.83. The van der Waals surface area contributed by atoms with Crippen LogP contribution in [0.4, 0.5) is 10.5 Å². The summed E-state index contributed by atoms with van der Waals surface area (Å²) in [4.78, 5) is 27.7. The van der Waals surface area contributed by atoms with Crippen LogP contribution in [-0.4, -0.2) is 57.1 Å². The van der Waals surface area contributed by atoms with Crippen molar-refractivity contribution in [1.29, 1.82) is 0 Å². The molecule has 152 valence electrons. The molecule has 1 fully saturated rings. The smallest absolute Gasteiger partial charge is 0.410 e. The lowest BCUT2D eigenvalue weighted by atomic mass is 10.0. The van der Waals surface area contributed by atoms with E-state index >= 15 is 0 Å². The summed E-state index contributed by atoms with van der Waals surface area (Å²) < 4.78 is 5.47. The van der Waals surface area contributed by atoms with Crippen molar-refractivity contribution in [2.45, 2.75) is 52.9 Å². The Morgan fingerprint density at radius 3 is 2.25 bits per heavy atom. The van der Waals surface area contributed by atoms with Gasteiger partial charge < -0.3 is 14.5 Å². The van der Waals surface area contributed by atoms with E-state index < -0.39 is 13.7 Å². The molecule has 0 radical (unpaired) electrons. The lowest BCUT2D eigenvalue weighted by Crippen LogP contribution is -2.50. The number of piperazine rings is 1. The van der Waals surface area contributed by atoms with Crippen LogP contribution >= 0.6 is 0 Å². The van der Waals surface area contributed by atoms with Crippen molar-refractivity contribution >= 4 is 26.1 Å². The number of amides is 1. The largest absolute Gasteiger partial charge is 0.444 e. The monoisotopic (exact) mass is 400 g/mol. The predicted octanol–water partition coefficient (Wildman–Crippen LogP) is 4.09. The van der Waals surface area contributed by atoms with E-state index in [1.165, 1.54) is 0 Å². The SMILES string of the molecule is Cc1c(C#C[Si](C)(C)C)cc(C=O)cc1N1CCN(C(=O)OC(C)(C)C)CC1. The van der Waals surface area contributed by atoms with Gasteiger partial charge in [-0.2, -0.15) is 0 Å². The molecule has 0 saturated carbocycles. The highest BCUT2D eigenvalue weighted by atomic mass is 28.3. The number of hydrogen-bond donors (Lipinski definition) is 0. The van der Waals surface area contributed by atoms with E-state index in [0.29, 0.717) is 31.7 Å². The molecule has 0 unspecified atom stereocenters. The Labute approximate surface area is 170 Å². The van der Waals surface area contributed by atoms with E-state index in [1.54, 1.807) is 4.90 Å². The van der Waals surface area contributed by atoms with Crippen molar-refractivity contribution in [3.05, 3.63) is 28.8 Å². The van der Waals surface area contributed by atoms with Gasteiger partial charge in [-0.3, -0.25) is 4.79 Å². The second kappa shape index (κ2) is 8.40. The molecule has 1 saturated heterocycles. The molecule has 1 aromatic carbocycles. The summed E-state index contributed by atoms with van der Waals surface area (Å²) in [7, 11) is -1.51. The highest BCUT2D eigenvalue weighted by Gasteiger charge is 2.26. The van der Waals surface area contributed by atoms with Crippen LogP contribution in [-0.2, 0) is 4.74 Å². The Morgan fingerprint density at radius 2 is 1.75 bits per heavy atom. The quantitative estimate of drug-likeness (QED) is 0.426. The minimum Gasteiger partial charge on any atom is -0.444 e. The van der Waals surface area contributed by atoms with Gasteiger partial charge in [0.15, 0.2) is 0 Å². The first-order valence-electron chi connectivity index (χ1n) is 9.75. The molecule has 0 bridgehead atoms. The van der Waals surface area contributed by atoms with Crippen LogP contribution in [0.2, 0.25) is 19.6 Å². The van der Waals surface area contributed by atoms with Gasteiger partial charge in [-0.1, -0.05) is 25.6 Å². The third-order valence-electron chi connectivity index (χ3n) is 4.38. The number of nitrogens with zero attached hydrogens (tertiary/aromatic N) is 2. The number of hydrogen-bond acceptors (Lipinski definition) is 4. The summed E-state index contributed by atoms with van der Waals surface area (Å²) in [5, 5.41) is 0. The normalized spacial score (nSPS) is 15.0. The Kier molecular flexibility index (Phi) is 6.61. The fourth-order valence-corrected chi connectivity index (χ4v) is 3.47. The second-order valence-electron chi connectivity index (χ2n) is 9.28. The minimum atomic E-state index is -1.51. The van der Waals surface area contributed by atoms with Crippen LogP contribution < -0.4 is 4.90 Å². The molecule has 0 aliphatic carbocycles. The Bertz CT molecular complexity index is 802. The molecular weight excluding hydrogens is 368 g/mol. The molecule has 28 heavy (non-hydrogen) atoms. The minimum absolute atomic E-state index is 0.271. The van der Waals surface area contributed by atoms with Gasteiger partial charge in [0.25, 0.3) is 0 Å². The molecule has 1 aliphatic rings. The van der Waals surface area contributed by atoms with Gasteiger partial charge in [0.05, 0.1) is 0 Å². The summed E-state index contributed by atoms with van der Waals surface area (Å²) in [6.07, 6.45) is 0.603. The second-order valence-corrected chi connectivity index (χ2v) is 14.0. The summed E-state index contributed by atoms with van der Waals surface area (Å²) in [6, 6.07) is 3.79. The molecule has 2 rings (SSSR count). The van der Waals surface area contributed by atoms with Crippen LogP contribution in [0.5, 0.6) is 0 Å². The molecule has 0 N–H and O–H groups in total. The van der Waals surface area contributed by atoms with Gasteiger partial charge in [0, 0.05) is 43.0 Å². The average Bonchev–Trinajstić information content (AvgIpc) is 2.59. The Hall–Kier alpha value is -2.26. The molecule has 1 aromatic rings. The van der Waals surface area contributed by atoms with E-state index in [4.69, 9.17) is 4.74 Å². The van der Waals surface area contributed by atoms with E-state index in [-0.39, 0.29) is 6.09 Å². The molecule has 0 atom stereocenters. The fraction of sp³-hybridized carbons (Fsp3) is 0.545. The first kappa shape index (κ1) is 22.0. The molecule has 6 heteroatoms. The third-order valence-corrected chi connectivity index (χ3v) is 5.26. The van der Waals surface area contributed by atoms with Gasteiger partial charge in [0.2, 0.25) is 0 Å². The van der Waals surface area contributed by atoms with E-state index in [1.807, 2.05) is 32.9 Å². The first-order chi connectivity index (χ1) is 12.9. The zero-order chi connectivity index (χ0) is 21.1. The number of aldehydes is 1. The maximum atomic E-state index is 12.3. The molecule has 5 nitrogen and oxygen atoms in total. The maximum Gasteiger partial charge on any atom is 0.410 e. The topological polar surface area (TPSA) is 49.9 Å². The van der Waals surface area contributed by atoms with Gasteiger partial charge in [-0.25, -0.2) is 4.79 Å². The fourth-order valence-electron chi connectivity index (χ4n) is 2.96. The first-order valence-corrected chi connectivity index (χ1v) is 13.3. The zero-order valence-electron chi connectivity index (χ0n) is 18.2. The summed E-state index contributed by atoms with van der Waals surface area (Å²) in [5.74, 6) is 3.30. The van der Waals surface area contributed by atoms with Crippen molar-refractivity contribution in [2.75, 3.05) is 31.1 Å². The number of ether oxygens (including phenoxy) is 1. The van der Waals surface area contributed by atoms with Crippen LogP contribution in [0.3, 0.4) is 0 Å². The summed E-state index contributed by atoms with van der Waals surface area (Å²) in [6.45, 7) is 16.9. The predicted molar refractivity (Wildman–Crippen MR) is 117 cm³/mol. The summed E-state index contributed by atoms with van der Waals surface area (Å²) in [5.41, 5.74) is 6.55. The van der Waals surface area contributed by atoms with Crippen LogP contribution in [0, 0.1) is 18.4 Å². The number of carbonyl (C=O) groups excluding carboxylic acids is 2. The standard InChI is InChI=1S/C22H32N2O3Si/c1-17-19(8-13-28(5,6)7)14-18(16-25)15-20(17)23-9-11-24(12-10-23)21(26)27-22(2,3)4/h14-16H,9-12H2,1-7H3. The van der Waals surface area contributed by atoms with E-state index in [2.05, 4.69) is 42.9 Å². The molecule has 1 aliphatic heterocycles. The van der Waals surface area contributed by atoms with E-state index in [0.717, 1.165) is 23.1 Å². The molecular formula is C22H32N2O3Si. The van der Waals surface area contributed by atoms with Crippen LogP contribution in [0.15, 0.2) is 12.1 Å². The van der Waals surface area contributed by atoms with Crippen molar-refractivity contribution in [2.24, 2.45) is 0 Å². The highest BCUT2D eigenvalue weighted by Crippen LogP contribution is 2.26. The van der Waals surface area contributed by atoms with Crippen molar-refractivity contribution in [3.8, 4) is 11.5 Å². The number of benzene rings is 1. The molecule has 0 aromatic heterocycles. The van der Waals surface area contributed by atoms with Crippen molar-refractivity contribution < 1.29 is 14.3 Å². The van der Waals surface area contributed by atoms with Gasteiger partial charge >= 0.3 is 6.09 Å². The summed E-state index contributed by atoms with van der Waals surface area (Å²) >= 11 is 0. The average molecular weight is 401 g/mol. The Balaban J connectivity index is 2.21. The number of carbonyl (C=O) groups is 2. The zero-order valence-corrected chi connectivity index (χ0v) is 19.2. The van der Waals surface area contributed by atoms with Gasteiger partial charge in [-0.15, -0.1) is 5.54 Å². The lowest BCUT2D eigenvalue weighted by molar-refractivity contribution is 0.0240. The van der Waals surface area contributed by atoms with Crippen molar-refractivity contribution in [1.82, 2.24) is 4.90 Å². The van der Waals surface area contributed by atoms with Crippen molar-refractivity contribution in [3.63, 3.8) is 0 Å². The molecule has 0 spiro atoms. The third kappa shape index (κ3) is 6.13.